The van der Waals surface area contributed by atoms with Crippen LogP contribution in [-0.4, -0.2) is 11.7 Å². The van der Waals surface area contributed by atoms with Gasteiger partial charge in [0.2, 0.25) is 5.88 Å². The Morgan fingerprint density at radius 1 is 1.19 bits per heavy atom. The molecule has 1 aromatic carbocycles. The fourth-order valence-electron chi connectivity index (χ4n) is 2.66. The fraction of sp³-hybridized carbons (Fsp3) is 0.294. The van der Waals surface area contributed by atoms with Crippen LogP contribution in [0.2, 0.25) is 0 Å². The monoisotopic (exact) mass is 283 g/mol. The zero-order chi connectivity index (χ0) is 15.0. The van der Waals surface area contributed by atoms with Gasteiger partial charge in [0, 0.05) is 24.5 Å². The quantitative estimate of drug-likeness (QED) is 0.914. The van der Waals surface area contributed by atoms with E-state index >= 15 is 0 Å². The molecule has 0 saturated carbocycles. The van der Waals surface area contributed by atoms with Crippen LogP contribution in [0.15, 0.2) is 40.8 Å². The van der Waals surface area contributed by atoms with Crippen molar-refractivity contribution in [2.24, 2.45) is 5.41 Å². The molecule has 4 heteroatoms. The number of anilines is 1. The summed E-state index contributed by atoms with van der Waals surface area (Å²) in [5.74, 6) is 0.832. The van der Waals surface area contributed by atoms with E-state index in [9.17, 15) is 9.59 Å². The highest BCUT2D eigenvalue weighted by molar-refractivity contribution is 6.05. The van der Waals surface area contributed by atoms with E-state index in [0.717, 1.165) is 0 Å². The smallest absolute Gasteiger partial charge is 0.257 e. The second kappa shape index (κ2) is 4.88. The lowest BCUT2D eigenvalue weighted by atomic mass is 9.77. The molecule has 0 saturated heterocycles. The Kier molecular flexibility index (Phi) is 3.16. The van der Waals surface area contributed by atoms with E-state index < -0.39 is 0 Å². The van der Waals surface area contributed by atoms with Crippen LogP contribution in [0.4, 0.5) is 5.88 Å². The summed E-state index contributed by atoms with van der Waals surface area (Å²) in [6.07, 6.45) is 1.21. The van der Waals surface area contributed by atoms with Gasteiger partial charge in [-0.2, -0.15) is 0 Å². The third-order valence-electron chi connectivity index (χ3n) is 3.66. The zero-order valence-electron chi connectivity index (χ0n) is 12.1. The predicted octanol–water partition coefficient (Wildman–Crippen LogP) is 3.69. The summed E-state index contributed by atoms with van der Waals surface area (Å²) < 4.78 is 5.65. The molecule has 21 heavy (non-hydrogen) atoms. The van der Waals surface area contributed by atoms with E-state index in [1.165, 1.54) is 0 Å². The summed E-state index contributed by atoms with van der Waals surface area (Å²) in [4.78, 5) is 24.2. The van der Waals surface area contributed by atoms with Gasteiger partial charge in [0.15, 0.2) is 5.78 Å². The van der Waals surface area contributed by atoms with Crippen LogP contribution in [-0.2, 0) is 6.42 Å². The van der Waals surface area contributed by atoms with Crippen LogP contribution < -0.4 is 5.32 Å². The topological polar surface area (TPSA) is 59.3 Å². The van der Waals surface area contributed by atoms with Gasteiger partial charge >= 0.3 is 0 Å². The van der Waals surface area contributed by atoms with E-state index in [1.807, 2.05) is 19.9 Å². The Balaban J connectivity index is 1.83. The highest BCUT2D eigenvalue weighted by atomic mass is 16.4. The van der Waals surface area contributed by atoms with Crippen molar-refractivity contribution in [1.82, 2.24) is 0 Å². The highest BCUT2D eigenvalue weighted by Crippen LogP contribution is 2.37. The SMILES string of the molecule is CC1(C)CC(=O)c2cc(NC(=O)c3ccccc3)oc2C1. The number of furan rings is 1. The number of amides is 1. The zero-order valence-corrected chi connectivity index (χ0v) is 12.1. The molecule has 1 aliphatic rings. The van der Waals surface area contributed by atoms with Crippen molar-refractivity contribution in [3.05, 3.63) is 53.3 Å². The van der Waals surface area contributed by atoms with Gasteiger partial charge in [-0.1, -0.05) is 32.0 Å². The first-order chi connectivity index (χ1) is 9.94. The number of Topliss-reactive ketones (excluding diaryl/α,β-unsaturated/α-hetero) is 1. The Morgan fingerprint density at radius 2 is 1.90 bits per heavy atom. The summed E-state index contributed by atoms with van der Waals surface area (Å²) >= 11 is 0. The molecule has 3 rings (SSSR count). The number of fused-ring (bicyclic) bond motifs is 1. The molecule has 0 unspecified atom stereocenters. The third kappa shape index (κ3) is 2.75. The van der Waals surface area contributed by atoms with Crippen LogP contribution >= 0.6 is 0 Å². The molecule has 1 amide bonds. The van der Waals surface area contributed by atoms with E-state index in [0.29, 0.717) is 35.6 Å². The molecule has 0 aliphatic heterocycles. The standard InChI is InChI=1S/C17H17NO3/c1-17(2)9-13(19)12-8-15(21-14(12)10-17)18-16(20)11-6-4-3-5-7-11/h3-8H,9-10H2,1-2H3,(H,18,20). The molecule has 0 fully saturated rings. The fourth-order valence-corrected chi connectivity index (χ4v) is 2.66. The number of hydrogen-bond acceptors (Lipinski definition) is 3. The minimum Gasteiger partial charge on any atom is -0.445 e. The minimum atomic E-state index is -0.242. The van der Waals surface area contributed by atoms with Gasteiger partial charge < -0.3 is 4.42 Å². The second-order valence-electron chi connectivity index (χ2n) is 6.21. The lowest BCUT2D eigenvalue weighted by Crippen LogP contribution is -2.25. The van der Waals surface area contributed by atoms with Crippen molar-refractivity contribution >= 4 is 17.6 Å². The van der Waals surface area contributed by atoms with Gasteiger partial charge in [-0.25, -0.2) is 0 Å². The average Bonchev–Trinajstić information content (AvgIpc) is 2.81. The minimum absolute atomic E-state index is 0.0743. The van der Waals surface area contributed by atoms with Crippen molar-refractivity contribution in [3.8, 4) is 0 Å². The summed E-state index contributed by atoms with van der Waals surface area (Å²) in [5.41, 5.74) is 1.05. The molecule has 2 aromatic rings. The van der Waals surface area contributed by atoms with Gasteiger partial charge in [0.05, 0.1) is 5.56 Å². The van der Waals surface area contributed by atoms with Gasteiger partial charge in [-0.3, -0.25) is 14.9 Å². The Labute approximate surface area is 123 Å². The highest BCUT2D eigenvalue weighted by Gasteiger charge is 2.34. The third-order valence-corrected chi connectivity index (χ3v) is 3.66. The summed E-state index contributed by atoms with van der Waals surface area (Å²) in [6, 6.07) is 10.5. The molecule has 1 aromatic heterocycles. The van der Waals surface area contributed by atoms with Crippen molar-refractivity contribution in [3.63, 3.8) is 0 Å². The van der Waals surface area contributed by atoms with Crippen molar-refractivity contribution < 1.29 is 14.0 Å². The number of rotatable bonds is 2. The average molecular weight is 283 g/mol. The largest absolute Gasteiger partial charge is 0.445 e. The van der Waals surface area contributed by atoms with E-state index in [-0.39, 0.29) is 17.1 Å². The Morgan fingerprint density at radius 3 is 2.62 bits per heavy atom. The molecular weight excluding hydrogens is 266 g/mol. The molecule has 0 atom stereocenters. The molecule has 1 aliphatic carbocycles. The van der Waals surface area contributed by atoms with Crippen LogP contribution in [0.3, 0.4) is 0 Å². The number of carbonyl (C=O) groups excluding carboxylic acids is 2. The number of nitrogens with one attached hydrogen (secondary N) is 1. The van der Waals surface area contributed by atoms with Crippen LogP contribution in [0.25, 0.3) is 0 Å². The maximum Gasteiger partial charge on any atom is 0.257 e. The van der Waals surface area contributed by atoms with Crippen molar-refractivity contribution in [1.29, 1.82) is 0 Å². The lowest BCUT2D eigenvalue weighted by molar-refractivity contribution is 0.0904. The van der Waals surface area contributed by atoms with Gasteiger partial charge in [-0.15, -0.1) is 0 Å². The Hall–Kier alpha value is -2.36. The first kappa shape index (κ1) is 13.6. The number of benzene rings is 1. The number of carbonyl (C=O) groups is 2. The van der Waals surface area contributed by atoms with Gasteiger partial charge in [-0.05, 0) is 17.5 Å². The molecule has 0 bridgehead atoms. The number of hydrogen-bond donors (Lipinski definition) is 1. The first-order valence-corrected chi connectivity index (χ1v) is 6.97. The molecule has 0 spiro atoms. The lowest BCUT2D eigenvalue weighted by Gasteiger charge is -2.26. The maximum atomic E-state index is 12.1. The van der Waals surface area contributed by atoms with Crippen LogP contribution in [0.5, 0.6) is 0 Å². The molecule has 1 N–H and O–H groups in total. The number of ketones is 1. The van der Waals surface area contributed by atoms with Gasteiger partial charge in [0.1, 0.15) is 5.76 Å². The molecule has 1 heterocycles. The van der Waals surface area contributed by atoms with E-state index in [1.54, 1.807) is 30.3 Å². The van der Waals surface area contributed by atoms with Crippen molar-refractivity contribution in [2.45, 2.75) is 26.7 Å². The normalized spacial score (nSPS) is 16.4. The molecular formula is C17H17NO3. The van der Waals surface area contributed by atoms with Crippen LogP contribution in [0, 0.1) is 5.41 Å². The second-order valence-corrected chi connectivity index (χ2v) is 6.21. The molecule has 0 radical (unpaired) electrons. The van der Waals surface area contributed by atoms with Gasteiger partial charge in [0.25, 0.3) is 5.91 Å². The predicted molar refractivity (Wildman–Crippen MR) is 79.5 cm³/mol. The van der Waals surface area contributed by atoms with Crippen LogP contribution in [0.1, 0.15) is 46.7 Å². The van der Waals surface area contributed by atoms with E-state index in [4.69, 9.17) is 4.42 Å². The molecule has 108 valence electrons. The summed E-state index contributed by atoms with van der Waals surface area (Å²) in [5, 5.41) is 2.71. The van der Waals surface area contributed by atoms with Crippen molar-refractivity contribution in [2.75, 3.05) is 5.32 Å². The first-order valence-electron chi connectivity index (χ1n) is 6.97. The maximum absolute atomic E-state index is 12.1. The summed E-state index contributed by atoms with van der Waals surface area (Å²) in [6.45, 7) is 4.08. The summed E-state index contributed by atoms with van der Waals surface area (Å²) in [7, 11) is 0. The molecule has 4 nitrogen and oxygen atoms in total. The Bertz CT molecular complexity index is 698. The van der Waals surface area contributed by atoms with E-state index in [2.05, 4.69) is 5.32 Å².